The Kier molecular flexibility index (Phi) is 10.3. The molecule has 2 saturated heterocycles. The number of carbonyl (C=O) groups excluding carboxylic acids is 2. The number of rotatable bonds is 12. The summed E-state index contributed by atoms with van der Waals surface area (Å²) in [6.07, 6.45) is -2.65. The Bertz CT molecular complexity index is 1210. The van der Waals surface area contributed by atoms with Gasteiger partial charge in [0.25, 0.3) is 0 Å². The van der Waals surface area contributed by atoms with Crippen molar-refractivity contribution in [2.75, 3.05) is 13.2 Å². The zero-order valence-electron chi connectivity index (χ0n) is 22.2. The highest BCUT2D eigenvalue weighted by atomic mass is 31.3. The molecule has 0 radical (unpaired) electrons. The maximum Gasteiger partial charge on any atom is 0.481 e. The molecule has 4 rings (SSSR count). The minimum absolute atomic E-state index is 0.192. The SMILES string of the molecule is NC(=O)C1=CN([C@@H]2O[C@H](COP(=O)(O)OP(=O)(O)OC[C@H]3O[C@H](N4C=CCC(C(N)=O)=C4)[C@H](O)[C@@H]3O)[C@@H](O)[C@H]2O)C=CC1. The van der Waals surface area contributed by atoms with Gasteiger partial charge in [0, 0.05) is 35.9 Å². The van der Waals surface area contributed by atoms with Crippen molar-refractivity contribution in [3.8, 4) is 0 Å². The van der Waals surface area contributed by atoms with Crippen molar-refractivity contribution in [2.45, 2.75) is 61.9 Å². The van der Waals surface area contributed by atoms with Gasteiger partial charge in [-0.15, -0.1) is 0 Å². The number of amides is 2. The number of primary amides is 2. The predicted molar refractivity (Wildman–Crippen MR) is 140 cm³/mol. The molecule has 4 aliphatic rings. The third-order valence-electron chi connectivity index (χ3n) is 6.75. The molecule has 0 aliphatic carbocycles. The Hall–Kier alpha value is -2.48. The largest absolute Gasteiger partial charge is 0.481 e. The van der Waals surface area contributed by atoms with Crippen LogP contribution in [0.25, 0.3) is 0 Å². The summed E-state index contributed by atoms with van der Waals surface area (Å²) >= 11 is 0. The smallest absolute Gasteiger partial charge is 0.387 e. The molecule has 10 atom stereocenters. The van der Waals surface area contributed by atoms with Crippen molar-refractivity contribution in [1.82, 2.24) is 9.80 Å². The van der Waals surface area contributed by atoms with Gasteiger partial charge < -0.3 is 61.0 Å². The average Bonchev–Trinajstić information content (AvgIpc) is 3.40. The molecule has 4 aliphatic heterocycles. The first kappa shape index (κ1) is 33.4. The van der Waals surface area contributed by atoms with Crippen LogP contribution in [-0.2, 0) is 41.6 Å². The predicted octanol–water partition coefficient (Wildman–Crippen LogP) is -2.69. The third kappa shape index (κ3) is 7.98. The lowest BCUT2D eigenvalue weighted by molar-refractivity contribution is -0.115. The molecule has 19 nitrogen and oxygen atoms in total. The number of phosphoric acid groups is 2. The summed E-state index contributed by atoms with van der Waals surface area (Å²) in [6, 6.07) is 0. The highest BCUT2D eigenvalue weighted by Gasteiger charge is 2.48. The summed E-state index contributed by atoms with van der Waals surface area (Å²) in [5.74, 6) is -1.42. The van der Waals surface area contributed by atoms with Crippen LogP contribution in [0.2, 0.25) is 0 Å². The fraction of sp³-hybridized carbons (Fsp3) is 0.545. The van der Waals surface area contributed by atoms with Gasteiger partial charge in [0.1, 0.15) is 36.6 Å². The van der Waals surface area contributed by atoms with Crippen molar-refractivity contribution >= 4 is 27.5 Å². The summed E-state index contributed by atoms with van der Waals surface area (Å²) in [4.78, 5) is 45.4. The van der Waals surface area contributed by atoms with Gasteiger partial charge in [0.15, 0.2) is 12.5 Å². The lowest BCUT2D eigenvalue weighted by Gasteiger charge is -2.28. The number of carbonyl (C=O) groups is 2. The fourth-order valence-corrected chi connectivity index (χ4v) is 6.63. The minimum atomic E-state index is -5.36. The molecule has 240 valence electrons. The van der Waals surface area contributed by atoms with E-state index in [0.29, 0.717) is 0 Å². The number of aliphatic hydroxyl groups excluding tert-OH is 4. The Morgan fingerprint density at radius 3 is 1.49 bits per heavy atom. The molecule has 2 fully saturated rings. The van der Waals surface area contributed by atoms with Crippen molar-refractivity contribution in [2.24, 2.45) is 11.5 Å². The summed E-state index contributed by atoms with van der Waals surface area (Å²) in [5.41, 5.74) is 10.9. The molecule has 2 unspecified atom stereocenters. The maximum atomic E-state index is 12.4. The van der Waals surface area contributed by atoms with Gasteiger partial charge in [0.05, 0.1) is 13.2 Å². The van der Waals surface area contributed by atoms with E-state index >= 15 is 0 Å². The van der Waals surface area contributed by atoms with Crippen molar-refractivity contribution < 1.29 is 71.8 Å². The molecule has 4 heterocycles. The van der Waals surface area contributed by atoms with Crippen molar-refractivity contribution in [3.05, 3.63) is 48.1 Å². The van der Waals surface area contributed by atoms with E-state index in [0.717, 1.165) is 0 Å². The number of allylic oxidation sites excluding steroid dienone is 2. The van der Waals surface area contributed by atoms with Crippen LogP contribution in [0.3, 0.4) is 0 Å². The first-order chi connectivity index (χ1) is 20.1. The van der Waals surface area contributed by atoms with Crippen LogP contribution in [0.15, 0.2) is 48.1 Å². The second kappa shape index (κ2) is 13.3. The van der Waals surface area contributed by atoms with Gasteiger partial charge in [-0.3, -0.25) is 18.6 Å². The van der Waals surface area contributed by atoms with Crippen LogP contribution < -0.4 is 11.5 Å². The zero-order chi connectivity index (χ0) is 31.7. The Morgan fingerprint density at radius 1 is 0.767 bits per heavy atom. The molecule has 0 spiro atoms. The van der Waals surface area contributed by atoms with E-state index in [4.69, 9.17) is 20.9 Å². The summed E-state index contributed by atoms with van der Waals surface area (Å²) < 4.78 is 49.3. The molecule has 43 heavy (non-hydrogen) atoms. The van der Waals surface area contributed by atoms with Crippen molar-refractivity contribution in [3.63, 3.8) is 0 Å². The van der Waals surface area contributed by atoms with E-state index in [1.165, 1.54) is 34.6 Å². The quantitative estimate of drug-likeness (QED) is 0.0994. The number of hydrogen-bond acceptors (Lipinski definition) is 15. The first-order valence-corrected chi connectivity index (χ1v) is 15.7. The van der Waals surface area contributed by atoms with Crippen LogP contribution in [0.1, 0.15) is 12.8 Å². The van der Waals surface area contributed by atoms with E-state index < -0.39 is 89.8 Å². The van der Waals surface area contributed by atoms with Gasteiger partial charge in [-0.1, -0.05) is 12.2 Å². The Labute approximate surface area is 244 Å². The average molecular weight is 654 g/mol. The molecule has 2 amide bonds. The van der Waals surface area contributed by atoms with Gasteiger partial charge in [-0.2, -0.15) is 4.31 Å². The van der Waals surface area contributed by atoms with Crippen LogP contribution in [0, 0.1) is 0 Å². The van der Waals surface area contributed by atoms with Crippen LogP contribution >= 0.6 is 15.6 Å². The molecule has 21 heteroatoms. The summed E-state index contributed by atoms with van der Waals surface area (Å²) in [5, 5.41) is 41.4. The van der Waals surface area contributed by atoms with Crippen LogP contribution in [0.4, 0.5) is 0 Å². The molecule has 0 saturated carbocycles. The second-order valence-electron chi connectivity index (χ2n) is 9.81. The van der Waals surface area contributed by atoms with E-state index in [1.807, 2.05) is 0 Å². The number of nitrogens with zero attached hydrogens (tertiary/aromatic N) is 2. The molecule has 0 aromatic heterocycles. The number of nitrogens with two attached hydrogens (primary N) is 2. The molecular formula is C22H32N4O15P2. The van der Waals surface area contributed by atoms with Crippen LogP contribution in [0.5, 0.6) is 0 Å². The van der Waals surface area contributed by atoms with E-state index in [1.54, 1.807) is 12.2 Å². The molecular weight excluding hydrogens is 622 g/mol. The first-order valence-electron chi connectivity index (χ1n) is 12.7. The summed E-state index contributed by atoms with van der Waals surface area (Å²) in [7, 11) is -10.7. The lowest BCUT2D eigenvalue weighted by atomic mass is 10.1. The minimum Gasteiger partial charge on any atom is -0.387 e. The fourth-order valence-electron chi connectivity index (χ4n) is 4.54. The maximum absolute atomic E-state index is 12.4. The van der Waals surface area contributed by atoms with Gasteiger partial charge in [0.2, 0.25) is 11.8 Å². The Balaban J connectivity index is 1.29. The molecule has 0 aromatic rings. The van der Waals surface area contributed by atoms with Gasteiger partial charge in [-0.25, -0.2) is 9.13 Å². The number of aliphatic hydroxyl groups is 4. The number of phosphoric ester groups is 2. The third-order valence-corrected chi connectivity index (χ3v) is 9.35. The number of hydrogen-bond donors (Lipinski definition) is 8. The van der Waals surface area contributed by atoms with Crippen LogP contribution in [-0.4, -0.2) is 114 Å². The molecule has 0 bridgehead atoms. The lowest BCUT2D eigenvalue weighted by Crippen LogP contribution is -2.40. The van der Waals surface area contributed by atoms with E-state index in [-0.39, 0.29) is 24.0 Å². The standard InChI is InChI=1S/C22H32N4O15P2/c23-19(31)11-3-1-5-25(7-11)21-17(29)15(27)13(39-21)9-37-42(33,34)41-43(35,36)38-10-14-16(28)18(30)22(40-14)26-6-2-4-12(8-26)20(24)32/h1-2,5-8,13-18,21-22,27-30H,3-4,9-10H2,(H2,23,31)(H2,24,32)(H,33,34)(H,35,36)/t13-,14-,15-,16-,17-,18-,21-,22+/m1/s1. The zero-order valence-corrected chi connectivity index (χ0v) is 24.0. The monoisotopic (exact) mass is 654 g/mol. The van der Waals surface area contributed by atoms with Gasteiger partial charge in [-0.05, 0) is 12.8 Å². The summed E-state index contributed by atoms with van der Waals surface area (Å²) in [6.45, 7) is -1.79. The highest BCUT2D eigenvalue weighted by Crippen LogP contribution is 2.60. The Morgan fingerprint density at radius 2 is 1.14 bits per heavy atom. The molecule has 10 N–H and O–H groups in total. The molecule has 0 aromatic carbocycles. The van der Waals surface area contributed by atoms with Gasteiger partial charge >= 0.3 is 15.6 Å². The van der Waals surface area contributed by atoms with Crippen molar-refractivity contribution in [1.29, 1.82) is 0 Å². The normalized spacial score (nSPS) is 35.3. The number of ether oxygens (including phenoxy) is 2. The second-order valence-corrected chi connectivity index (χ2v) is 12.9. The highest BCUT2D eigenvalue weighted by molar-refractivity contribution is 7.61. The van der Waals surface area contributed by atoms with E-state index in [2.05, 4.69) is 13.4 Å². The van der Waals surface area contributed by atoms with E-state index in [9.17, 15) is 48.9 Å². The topological polar surface area (TPSA) is 294 Å².